The van der Waals surface area contributed by atoms with Crippen LogP contribution >= 0.6 is 0 Å². The van der Waals surface area contributed by atoms with E-state index in [1.807, 2.05) is 12.1 Å². The fraction of sp³-hybridized carbons (Fsp3) is 0.294. The Labute approximate surface area is 165 Å². The Bertz CT molecular complexity index is 994. The summed E-state index contributed by atoms with van der Waals surface area (Å²) in [6.07, 6.45) is 3.88. The molecule has 0 spiro atoms. The summed E-state index contributed by atoms with van der Waals surface area (Å²) in [5, 5.41) is 22.3. The van der Waals surface area contributed by atoms with Gasteiger partial charge in [-0.05, 0) is 24.6 Å². The molecule has 1 saturated heterocycles. The first-order valence-corrected chi connectivity index (χ1v) is 8.98. The number of hydrogen-bond donors (Lipinski definition) is 4. The Kier molecular flexibility index (Phi) is 5.27. The third-order valence-electron chi connectivity index (χ3n) is 4.39. The van der Waals surface area contributed by atoms with Gasteiger partial charge in [0.15, 0.2) is 11.5 Å². The molecule has 1 aromatic carbocycles. The number of benzene rings is 1. The molecule has 2 atom stereocenters. The molecule has 1 aliphatic rings. The van der Waals surface area contributed by atoms with Gasteiger partial charge < -0.3 is 26.8 Å². The van der Waals surface area contributed by atoms with Gasteiger partial charge in [0.25, 0.3) is 5.91 Å². The molecule has 4 rings (SSSR count). The van der Waals surface area contributed by atoms with Gasteiger partial charge in [0, 0.05) is 24.4 Å². The fourth-order valence-electron chi connectivity index (χ4n) is 2.94. The van der Waals surface area contributed by atoms with Gasteiger partial charge in [-0.15, -0.1) is 10.2 Å². The van der Waals surface area contributed by atoms with E-state index in [-0.39, 0.29) is 29.5 Å². The zero-order chi connectivity index (χ0) is 20.2. The number of hydrogen-bond acceptors (Lipinski definition) is 10. The third kappa shape index (κ3) is 4.28. The maximum absolute atomic E-state index is 11.8. The van der Waals surface area contributed by atoms with Crippen LogP contribution < -0.4 is 22.1 Å². The van der Waals surface area contributed by atoms with Gasteiger partial charge in [0.2, 0.25) is 5.95 Å². The van der Waals surface area contributed by atoms with Crippen molar-refractivity contribution in [1.29, 1.82) is 0 Å². The van der Waals surface area contributed by atoms with Crippen molar-refractivity contribution in [2.75, 3.05) is 23.8 Å². The smallest absolute Gasteiger partial charge is 0.273 e. The molecular weight excluding hydrogens is 376 g/mol. The van der Waals surface area contributed by atoms with E-state index in [4.69, 9.17) is 16.2 Å². The van der Waals surface area contributed by atoms with Crippen LogP contribution in [0.4, 0.5) is 17.5 Å². The Morgan fingerprint density at radius 3 is 2.83 bits per heavy atom. The maximum Gasteiger partial charge on any atom is 0.273 e. The number of amides is 1. The van der Waals surface area contributed by atoms with Crippen molar-refractivity contribution in [1.82, 2.24) is 30.2 Å². The van der Waals surface area contributed by atoms with Crippen LogP contribution in [0, 0.1) is 0 Å². The summed E-state index contributed by atoms with van der Waals surface area (Å²) >= 11 is 0. The van der Waals surface area contributed by atoms with E-state index in [9.17, 15) is 4.79 Å². The first kappa shape index (κ1) is 18.7. The molecule has 0 radical (unpaired) electrons. The summed E-state index contributed by atoms with van der Waals surface area (Å²) in [4.78, 5) is 17.6. The van der Waals surface area contributed by atoms with Crippen molar-refractivity contribution in [3.8, 4) is 5.69 Å². The van der Waals surface area contributed by atoms with Gasteiger partial charge >= 0.3 is 0 Å². The Morgan fingerprint density at radius 2 is 2.07 bits per heavy atom. The van der Waals surface area contributed by atoms with Gasteiger partial charge in [-0.1, -0.05) is 6.07 Å². The zero-order valence-electron chi connectivity index (χ0n) is 15.4. The highest BCUT2D eigenvalue weighted by atomic mass is 16.5. The Hall–Kier alpha value is -3.64. The first-order chi connectivity index (χ1) is 14.1. The number of aromatic nitrogens is 6. The normalized spacial score (nSPS) is 18.9. The molecule has 2 aromatic heterocycles. The number of anilines is 3. The highest BCUT2D eigenvalue weighted by Crippen LogP contribution is 2.21. The minimum Gasteiger partial charge on any atom is -0.380 e. The summed E-state index contributed by atoms with van der Waals surface area (Å²) in [6.45, 7) is 1.04. The molecule has 0 unspecified atom stereocenters. The van der Waals surface area contributed by atoms with Crippen molar-refractivity contribution in [3.63, 3.8) is 0 Å². The average Bonchev–Trinajstić information content (AvgIpc) is 3.25. The second kappa shape index (κ2) is 8.16. The van der Waals surface area contributed by atoms with E-state index in [2.05, 4.69) is 36.0 Å². The second-order valence-electron chi connectivity index (χ2n) is 6.47. The highest BCUT2D eigenvalue weighted by molar-refractivity contribution is 5.96. The fourth-order valence-corrected chi connectivity index (χ4v) is 2.94. The molecule has 29 heavy (non-hydrogen) atoms. The third-order valence-corrected chi connectivity index (χ3v) is 4.39. The molecule has 0 saturated carbocycles. The zero-order valence-corrected chi connectivity index (χ0v) is 15.4. The average molecular weight is 396 g/mol. The number of carbonyl (C=O) groups excluding carboxylic acids is 1. The van der Waals surface area contributed by atoms with Crippen LogP contribution in [0.5, 0.6) is 0 Å². The van der Waals surface area contributed by atoms with Crippen molar-refractivity contribution in [2.45, 2.75) is 18.5 Å². The van der Waals surface area contributed by atoms with Crippen molar-refractivity contribution in [2.24, 2.45) is 11.5 Å². The molecule has 150 valence electrons. The van der Waals surface area contributed by atoms with Crippen LogP contribution in [0.1, 0.15) is 16.9 Å². The molecule has 1 aliphatic heterocycles. The van der Waals surface area contributed by atoms with Crippen LogP contribution in [0.15, 0.2) is 36.7 Å². The molecule has 3 aromatic rings. The van der Waals surface area contributed by atoms with Crippen LogP contribution in [-0.4, -0.2) is 61.4 Å². The summed E-state index contributed by atoms with van der Waals surface area (Å²) in [5.74, 6) is -0.322. The molecule has 0 aliphatic carbocycles. The second-order valence-corrected chi connectivity index (χ2v) is 6.47. The quantitative estimate of drug-likeness (QED) is 0.438. The summed E-state index contributed by atoms with van der Waals surface area (Å²) in [7, 11) is 0. The predicted molar refractivity (Wildman–Crippen MR) is 104 cm³/mol. The summed E-state index contributed by atoms with van der Waals surface area (Å²) < 4.78 is 5.34. The molecule has 0 bridgehead atoms. The lowest BCUT2D eigenvalue weighted by molar-refractivity contribution is 0.0751. The van der Waals surface area contributed by atoms with Gasteiger partial charge in [-0.3, -0.25) is 4.79 Å². The minimum absolute atomic E-state index is 0.0629. The highest BCUT2D eigenvalue weighted by Gasteiger charge is 2.24. The lowest BCUT2D eigenvalue weighted by Crippen LogP contribution is -2.48. The molecule has 3 heterocycles. The van der Waals surface area contributed by atoms with E-state index >= 15 is 0 Å². The van der Waals surface area contributed by atoms with Crippen molar-refractivity contribution in [3.05, 3.63) is 42.4 Å². The molecular formula is C17H20N10O2. The van der Waals surface area contributed by atoms with Crippen LogP contribution in [0.3, 0.4) is 0 Å². The number of nitrogens with zero attached hydrogens (tertiary/aromatic N) is 6. The van der Waals surface area contributed by atoms with Gasteiger partial charge in [0.1, 0.15) is 0 Å². The standard InChI is InChI=1S/C17H20N10O2/c18-12-9-29-7-4-13(12)23-17-24-16(14(15(19)28)25-26-17)22-10-2-1-3-11(8-10)27-20-5-6-21-27/h1-3,5-6,8,12-13H,4,7,9,18H2,(H2,19,28)(H2,22,23,24,26)/t12-,13+/m0/s1. The van der Waals surface area contributed by atoms with Crippen molar-refractivity contribution >= 4 is 23.4 Å². The van der Waals surface area contributed by atoms with Gasteiger partial charge in [-0.2, -0.15) is 20.0 Å². The number of nitrogens with one attached hydrogen (secondary N) is 2. The molecule has 12 nitrogen and oxygen atoms in total. The molecule has 1 fully saturated rings. The van der Waals surface area contributed by atoms with E-state index in [1.165, 1.54) is 4.80 Å². The number of primary amides is 1. The van der Waals surface area contributed by atoms with Crippen LogP contribution in [0.25, 0.3) is 5.69 Å². The van der Waals surface area contributed by atoms with Gasteiger partial charge in [0.05, 0.1) is 24.7 Å². The largest absolute Gasteiger partial charge is 0.380 e. The number of ether oxygens (including phenoxy) is 1. The van der Waals surface area contributed by atoms with Crippen LogP contribution in [-0.2, 0) is 4.74 Å². The monoisotopic (exact) mass is 396 g/mol. The Balaban J connectivity index is 1.60. The maximum atomic E-state index is 11.8. The SMILES string of the molecule is NC(=O)c1nnc(N[C@@H]2CCOC[C@@H]2N)nc1Nc1cccc(-n2nccn2)c1. The van der Waals surface area contributed by atoms with Crippen molar-refractivity contribution < 1.29 is 9.53 Å². The summed E-state index contributed by atoms with van der Waals surface area (Å²) in [5.41, 5.74) is 12.8. The topological polar surface area (TPSA) is 172 Å². The van der Waals surface area contributed by atoms with Crippen LogP contribution in [0.2, 0.25) is 0 Å². The van der Waals surface area contributed by atoms with Gasteiger partial charge in [-0.25, -0.2) is 0 Å². The first-order valence-electron chi connectivity index (χ1n) is 8.98. The number of carbonyl (C=O) groups is 1. The lowest BCUT2D eigenvalue weighted by Gasteiger charge is -2.29. The number of rotatable bonds is 6. The van der Waals surface area contributed by atoms with E-state index in [0.29, 0.717) is 25.3 Å². The summed E-state index contributed by atoms with van der Waals surface area (Å²) in [6, 6.07) is 7.01. The molecule has 6 N–H and O–H groups in total. The lowest BCUT2D eigenvalue weighted by atomic mass is 10.1. The minimum atomic E-state index is -0.744. The number of nitrogens with two attached hydrogens (primary N) is 2. The van der Waals surface area contributed by atoms with E-state index in [0.717, 1.165) is 5.69 Å². The molecule has 12 heteroatoms. The van der Waals surface area contributed by atoms with E-state index < -0.39 is 5.91 Å². The molecule has 1 amide bonds. The Morgan fingerprint density at radius 1 is 1.24 bits per heavy atom. The van der Waals surface area contributed by atoms with E-state index in [1.54, 1.807) is 24.5 Å². The predicted octanol–water partition coefficient (Wildman–Crippen LogP) is -0.177.